The van der Waals surface area contributed by atoms with Crippen LogP contribution in [0.5, 0.6) is 0 Å². The quantitative estimate of drug-likeness (QED) is 0.852. The molecule has 1 aromatic rings. The Hall–Kier alpha value is -1.11. The van der Waals surface area contributed by atoms with Crippen molar-refractivity contribution in [3.05, 3.63) is 29.8 Å². The van der Waals surface area contributed by atoms with E-state index in [-0.39, 0.29) is 5.91 Å². The van der Waals surface area contributed by atoms with Crippen molar-refractivity contribution in [1.82, 2.24) is 0 Å². The van der Waals surface area contributed by atoms with Crippen molar-refractivity contribution in [2.45, 2.75) is 6.92 Å². The Bertz CT molecular complexity index is 348. The smallest absolute Gasteiger partial charge is 0.347 e. The van der Waals surface area contributed by atoms with Crippen LogP contribution >= 0.6 is 23.0 Å². The molecule has 0 heterocycles. The van der Waals surface area contributed by atoms with Crippen LogP contribution in [0.25, 0.3) is 0 Å². The molecule has 5 heteroatoms. The summed E-state index contributed by atoms with van der Waals surface area (Å²) in [5, 5.41) is 2.60. The second-order valence-electron chi connectivity index (χ2n) is 2.62. The SMILES string of the molecule is CC(=O)Nc1ccc(C(=O)OI)cc1. The Morgan fingerprint density at radius 1 is 1.29 bits per heavy atom. The third-order valence-electron chi connectivity index (χ3n) is 1.51. The van der Waals surface area contributed by atoms with Gasteiger partial charge in [-0.2, -0.15) is 0 Å². The van der Waals surface area contributed by atoms with Gasteiger partial charge in [-0.3, -0.25) is 4.79 Å². The molecule has 0 aromatic heterocycles. The van der Waals surface area contributed by atoms with Crippen LogP contribution in [0.3, 0.4) is 0 Å². The molecule has 74 valence electrons. The fraction of sp³-hybridized carbons (Fsp3) is 0.111. The molecule has 0 spiro atoms. The first kappa shape index (κ1) is 11.0. The van der Waals surface area contributed by atoms with Gasteiger partial charge in [0.2, 0.25) is 5.91 Å². The number of nitrogens with one attached hydrogen (secondary N) is 1. The van der Waals surface area contributed by atoms with Crippen molar-refractivity contribution in [2.24, 2.45) is 0 Å². The summed E-state index contributed by atoms with van der Waals surface area (Å²) in [5.41, 5.74) is 1.11. The molecule has 0 aliphatic rings. The zero-order valence-corrected chi connectivity index (χ0v) is 9.57. The summed E-state index contributed by atoms with van der Waals surface area (Å²) in [4.78, 5) is 21.7. The van der Waals surface area contributed by atoms with Gasteiger partial charge in [-0.05, 0) is 24.3 Å². The number of rotatable bonds is 2. The van der Waals surface area contributed by atoms with Crippen LogP contribution in [-0.4, -0.2) is 11.9 Å². The summed E-state index contributed by atoms with van der Waals surface area (Å²) >= 11 is 1.53. The molecule has 14 heavy (non-hydrogen) atoms. The Kier molecular flexibility index (Phi) is 3.87. The van der Waals surface area contributed by atoms with E-state index in [1.165, 1.54) is 29.9 Å². The van der Waals surface area contributed by atoms with Gasteiger partial charge in [0, 0.05) is 12.6 Å². The van der Waals surface area contributed by atoms with E-state index in [1.54, 1.807) is 24.3 Å². The molecule has 1 N–H and O–H groups in total. The molecule has 1 amide bonds. The van der Waals surface area contributed by atoms with E-state index >= 15 is 0 Å². The predicted molar refractivity (Wildman–Crippen MR) is 60.2 cm³/mol. The number of carbonyl (C=O) groups is 2. The van der Waals surface area contributed by atoms with Crippen molar-refractivity contribution in [1.29, 1.82) is 0 Å². The molecule has 0 saturated carbocycles. The van der Waals surface area contributed by atoms with Crippen molar-refractivity contribution < 1.29 is 12.7 Å². The number of amides is 1. The normalized spacial score (nSPS) is 9.29. The molecular weight excluding hydrogens is 297 g/mol. The number of benzene rings is 1. The van der Waals surface area contributed by atoms with Crippen molar-refractivity contribution >= 4 is 40.6 Å². The van der Waals surface area contributed by atoms with E-state index in [1.807, 2.05) is 0 Å². The molecule has 0 radical (unpaired) electrons. The highest BCUT2D eigenvalue weighted by atomic mass is 127. The van der Waals surface area contributed by atoms with Gasteiger partial charge in [0.25, 0.3) is 0 Å². The highest BCUT2D eigenvalue weighted by molar-refractivity contribution is 14.1. The molecule has 1 aromatic carbocycles. The maximum atomic E-state index is 11.0. The molecule has 0 saturated heterocycles. The van der Waals surface area contributed by atoms with Gasteiger partial charge in [-0.1, -0.05) is 0 Å². The zero-order valence-electron chi connectivity index (χ0n) is 7.41. The van der Waals surface area contributed by atoms with Crippen LogP contribution in [-0.2, 0) is 7.86 Å². The van der Waals surface area contributed by atoms with E-state index in [4.69, 9.17) is 0 Å². The standard InChI is InChI=1S/C9H8INO3/c1-6(12)11-8-4-2-7(3-5-8)9(13)14-10/h2-5H,1H3,(H,11,12). The summed E-state index contributed by atoms with van der Waals surface area (Å²) in [6.07, 6.45) is 0. The van der Waals surface area contributed by atoms with Gasteiger partial charge in [0.1, 0.15) is 0 Å². The zero-order chi connectivity index (χ0) is 10.6. The Balaban J connectivity index is 2.78. The number of hydrogen-bond acceptors (Lipinski definition) is 3. The molecule has 0 aliphatic heterocycles. The minimum Gasteiger partial charge on any atom is -0.391 e. The molecule has 0 unspecified atom stereocenters. The van der Waals surface area contributed by atoms with E-state index in [9.17, 15) is 9.59 Å². The molecule has 0 bridgehead atoms. The van der Waals surface area contributed by atoms with Crippen LogP contribution in [0.2, 0.25) is 0 Å². The fourth-order valence-corrected chi connectivity index (χ4v) is 1.19. The lowest BCUT2D eigenvalue weighted by molar-refractivity contribution is -0.114. The molecule has 1 rings (SSSR count). The monoisotopic (exact) mass is 305 g/mol. The van der Waals surface area contributed by atoms with Crippen LogP contribution in [0.4, 0.5) is 5.69 Å². The van der Waals surface area contributed by atoms with Gasteiger partial charge in [-0.25, -0.2) is 4.79 Å². The molecule has 0 fully saturated rings. The molecule has 0 aliphatic carbocycles. The molecular formula is C9H8INO3. The average Bonchev–Trinajstić information content (AvgIpc) is 2.17. The van der Waals surface area contributed by atoms with Gasteiger partial charge in [0.05, 0.1) is 5.56 Å². The summed E-state index contributed by atoms with van der Waals surface area (Å²) in [6, 6.07) is 6.47. The second-order valence-corrected chi connectivity index (χ2v) is 3.06. The minimum absolute atomic E-state index is 0.144. The highest BCUT2D eigenvalue weighted by Gasteiger charge is 2.05. The lowest BCUT2D eigenvalue weighted by Crippen LogP contribution is -2.06. The number of halogens is 1. The summed E-state index contributed by atoms with van der Waals surface area (Å²) in [7, 11) is 0. The summed E-state index contributed by atoms with van der Waals surface area (Å²) < 4.78 is 4.50. The molecule has 4 nitrogen and oxygen atoms in total. The van der Waals surface area contributed by atoms with Crippen LogP contribution in [0.15, 0.2) is 24.3 Å². The Labute approximate surface area is 95.3 Å². The van der Waals surface area contributed by atoms with Gasteiger partial charge in [0.15, 0.2) is 23.0 Å². The highest BCUT2D eigenvalue weighted by Crippen LogP contribution is 2.11. The van der Waals surface area contributed by atoms with Crippen LogP contribution < -0.4 is 5.32 Å². The number of anilines is 1. The van der Waals surface area contributed by atoms with Crippen LogP contribution in [0, 0.1) is 0 Å². The summed E-state index contributed by atoms with van der Waals surface area (Å²) in [6.45, 7) is 1.42. The first-order valence-electron chi connectivity index (χ1n) is 3.84. The maximum absolute atomic E-state index is 11.0. The van der Waals surface area contributed by atoms with Gasteiger partial charge < -0.3 is 8.38 Å². The van der Waals surface area contributed by atoms with Crippen molar-refractivity contribution in [3.63, 3.8) is 0 Å². The third kappa shape index (κ3) is 2.99. The first-order chi connectivity index (χ1) is 6.63. The Morgan fingerprint density at radius 3 is 2.29 bits per heavy atom. The lowest BCUT2D eigenvalue weighted by atomic mass is 10.2. The van der Waals surface area contributed by atoms with E-state index in [0.717, 1.165) is 0 Å². The largest absolute Gasteiger partial charge is 0.391 e. The van der Waals surface area contributed by atoms with Gasteiger partial charge in [-0.15, -0.1) is 0 Å². The topological polar surface area (TPSA) is 55.4 Å². The first-order valence-corrected chi connectivity index (χ1v) is 4.72. The van der Waals surface area contributed by atoms with E-state index in [2.05, 4.69) is 8.38 Å². The third-order valence-corrected chi connectivity index (χ3v) is 1.91. The number of carbonyl (C=O) groups excluding carboxylic acids is 2. The van der Waals surface area contributed by atoms with Gasteiger partial charge >= 0.3 is 5.97 Å². The predicted octanol–water partition coefficient (Wildman–Crippen LogP) is 2.15. The van der Waals surface area contributed by atoms with Crippen LogP contribution in [0.1, 0.15) is 17.3 Å². The minimum atomic E-state index is -0.403. The van der Waals surface area contributed by atoms with Crippen molar-refractivity contribution in [3.8, 4) is 0 Å². The van der Waals surface area contributed by atoms with Crippen molar-refractivity contribution in [2.75, 3.05) is 5.32 Å². The van der Waals surface area contributed by atoms with E-state index in [0.29, 0.717) is 11.3 Å². The van der Waals surface area contributed by atoms with E-state index < -0.39 is 5.97 Å². The molecule has 0 atom stereocenters. The lowest BCUT2D eigenvalue weighted by Gasteiger charge is -2.02. The summed E-state index contributed by atoms with van der Waals surface area (Å²) in [5.74, 6) is -0.547. The second kappa shape index (κ2) is 4.94. The Morgan fingerprint density at radius 2 is 1.86 bits per heavy atom. The number of hydrogen-bond donors (Lipinski definition) is 1. The average molecular weight is 305 g/mol. The fourth-order valence-electron chi connectivity index (χ4n) is 0.937. The maximum Gasteiger partial charge on any atom is 0.347 e.